The van der Waals surface area contributed by atoms with E-state index in [0.29, 0.717) is 35.1 Å². The van der Waals surface area contributed by atoms with Crippen LogP contribution in [0, 0.1) is 0 Å². The Balaban J connectivity index is 1.55. The van der Waals surface area contributed by atoms with Gasteiger partial charge in [-0.1, -0.05) is 48.0 Å². The molecule has 7 nitrogen and oxygen atoms in total. The lowest BCUT2D eigenvalue weighted by molar-refractivity contribution is 0.0958. The van der Waals surface area contributed by atoms with Gasteiger partial charge in [0.05, 0.1) is 28.7 Å². The summed E-state index contributed by atoms with van der Waals surface area (Å²) in [5.41, 5.74) is 4.18. The number of halogens is 1. The van der Waals surface area contributed by atoms with Gasteiger partial charge in [0.25, 0.3) is 5.91 Å². The van der Waals surface area contributed by atoms with Crippen LogP contribution in [-0.4, -0.2) is 53.8 Å². The summed E-state index contributed by atoms with van der Waals surface area (Å²) >= 11 is 6.17. The molecule has 0 spiro atoms. The van der Waals surface area contributed by atoms with E-state index in [9.17, 15) is 9.90 Å². The SMILES string of the molecule is CN(C)CCN(C(=O)c1ccco1)c1ccc(N=C(c2ccccc2)c2c(O)[nH]c3cc(Cl)ccc23)cc1. The van der Waals surface area contributed by atoms with E-state index in [1.165, 1.54) is 6.26 Å². The third-order valence-corrected chi connectivity index (χ3v) is 6.41. The molecule has 0 bridgehead atoms. The molecule has 0 atom stereocenters. The molecule has 5 rings (SSSR count). The number of benzene rings is 3. The van der Waals surface area contributed by atoms with Crippen molar-refractivity contribution in [2.45, 2.75) is 0 Å². The quantitative estimate of drug-likeness (QED) is 0.226. The van der Waals surface area contributed by atoms with Crippen molar-refractivity contribution in [2.24, 2.45) is 4.99 Å². The number of carbonyl (C=O) groups is 1. The number of hydrogen-bond acceptors (Lipinski definition) is 5. The minimum atomic E-state index is -0.208. The van der Waals surface area contributed by atoms with E-state index in [2.05, 4.69) is 4.98 Å². The zero-order chi connectivity index (χ0) is 26.6. The highest BCUT2D eigenvalue weighted by atomic mass is 35.5. The van der Waals surface area contributed by atoms with Crippen molar-refractivity contribution in [1.29, 1.82) is 0 Å². The number of likely N-dealkylation sites (N-methyl/N-ethyl adjacent to an activating group) is 1. The summed E-state index contributed by atoms with van der Waals surface area (Å²) in [6.45, 7) is 1.19. The van der Waals surface area contributed by atoms with E-state index in [1.54, 1.807) is 29.2 Å². The Morgan fingerprint density at radius 3 is 2.42 bits per heavy atom. The molecule has 8 heteroatoms. The molecule has 0 unspecified atom stereocenters. The molecule has 192 valence electrons. The van der Waals surface area contributed by atoms with Crippen molar-refractivity contribution < 1.29 is 14.3 Å². The normalized spacial score (nSPS) is 11.8. The van der Waals surface area contributed by atoms with Crippen LogP contribution in [0.5, 0.6) is 5.88 Å². The van der Waals surface area contributed by atoms with Crippen molar-refractivity contribution in [3.63, 3.8) is 0 Å². The van der Waals surface area contributed by atoms with E-state index in [0.717, 1.165) is 22.2 Å². The van der Waals surface area contributed by atoms with E-state index >= 15 is 0 Å². The molecule has 5 aromatic rings. The van der Waals surface area contributed by atoms with E-state index in [1.807, 2.05) is 79.7 Å². The monoisotopic (exact) mass is 526 g/mol. The summed E-state index contributed by atoms with van der Waals surface area (Å²) in [5, 5.41) is 12.3. The summed E-state index contributed by atoms with van der Waals surface area (Å²) < 4.78 is 5.36. The van der Waals surface area contributed by atoms with Gasteiger partial charge in [0.15, 0.2) is 11.6 Å². The predicted molar refractivity (Wildman–Crippen MR) is 152 cm³/mol. The Morgan fingerprint density at radius 1 is 0.974 bits per heavy atom. The summed E-state index contributed by atoms with van der Waals surface area (Å²) in [4.78, 5) is 24.8. The Bertz CT molecular complexity index is 1570. The average Bonchev–Trinajstić information content (AvgIpc) is 3.56. The van der Waals surface area contributed by atoms with Crippen molar-refractivity contribution in [2.75, 3.05) is 32.1 Å². The molecule has 2 N–H and O–H groups in total. The maximum absolute atomic E-state index is 13.2. The second kappa shape index (κ2) is 11.0. The molecule has 38 heavy (non-hydrogen) atoms. The van der Waals surface area contributed by atoms with Crippen LogP contribution in [0.25, 0.3) is 10.9 Å². The van der Waals surface area contributed by atoms with Gasteiger partial charge in [0.1, 0.15) is 0 Å². The zero-order valence-electron chi connectivity index (χ0n) is 21.1. The first kappa shape index (κ1) is 25.3. The maximum atomic E-state index is 13.2. The predicted octanol–water partition coefficient (Wildman–Crippen LogP) is 6.50. The largest absolute Gasteiger partial charge is 0.494 e. The molecule has 0 aliphatic rings. The van der Waals surface area contributed by atoms with Crippen LogP contribution >= 0.6 is 11.6 Å². The molecule has 0 aliphatic heterocycles. The second-order valence-corrected chi connectivity index (χ2v) is 9.56. The fourth-order valence-electron chi connectivity index (χ4n) is 4.27. The number of carbonyl (C=O) groups excluding carboxylic acids is 1. The fourth-order valence-corrected chi connectivity index (χ4v) is 4.45. The number of nitrogens with zero attached hydrogens (tertiary/aromatic N) is 3. The summed E-state index contributed by atoms with van der Waals surface area (Å²) in [6.07, 6.45) is 1.49. The maximum Gasteiger partial charge on any atom is 0.293 e. The molecule has 2 heterocycles. The minimum absolute atomic E-state index is 0.0143. The molecular weight excluding hydrogens is 500 g/mol. The average molecular weight is 527 g/mol. The van der Waals surface area contributed by atoms with Gasteiger partial charge in [-0.05, 0) is 62.6 Å². The molecule has 0 saturated carbocycles. The van der Waals surface area contributed by atoms with Crippen LogP contribution in [-0.2, 0) is 0 Å². The van der Waals surface area contributed by atoms with Crippen molar-refractivity contribution >= 4 is 45.5 Å². The van der Waals surface area contributed by atoms with Crippen molar-refractivity contribution in [3.8, 4) is 5.88 Å². The van der Waals surface area contributed by atoms with E-state index in [4.69, 9.17) is 21.0 Å². The van der Waals surface area contributed by atoms with Crippen LogP contribution < -0.4 is 4.90 Å². The number of nitrogens with one attached hydrogen (secondary N) is 1. The highest BCUT2D eigenvalue weighted by molar-refractivity contribution is 6.31. The van der Waals surface area contributed by atoms with E-state index in [-0.39, 0.29) is 17.5 Å². The Morgan fingerprint density at radius 2 is 1.74 bits per heavy atom. The second-order valence-electron chi connectivity index (χ2n) is 9.12. The van der Waals surface area contributed by atoms with Gasteiger partial charge >= 0.3 is 0 Å². The molecule has 0 fully saturated rings. The first-order valence-electron chi connectivity index (χ1n) is 12.2. The van der Waals surface area contributed by atoms with Gasteiger partial charge in [-0.3, -0.25) is 4.79 Å². The van der Waals surface area contributed by atoms with Crippen LogP contribution in [0.2, 0.25) is 5.02 Å². The highest BCUT2D eigenvalue weighted by Crippen LogP contribution is 2.33. The number of aromatic nitrogens is 1. The number of furan rings is 1. The molecule has 0 saturated heterocycles. The molecule has 3 aromatic carbocycles. The van der Waals surface area contributed by atoms with Crippen LogP contribution in [0.3, 0.4) is 0 Å². The smallest absolute Gasteiger partial charge is 0.293 e. The lowest BCUT2D eigenvalue weighted by Crippen LogP contribution is -2.36. The molecule has 0 radical (unpaired) electrons. The number of hydrogen-bond donors (Lipinski definition) is 2. The van der Waals surface area contributed by atoms with Gasteiger partial charge < -0.3 is 24.3 Å². The molecule has 0 aliphatic carbocycles. The topological polar surface area (TPSA) is 85.1 Å². The Hall–Kier alpha value is -4.33. The van der Waals surface area contributed by atoms with Crippen molar-refractivity contribution in [1.82, 2.24) is 9.88 Å². The highest BCUT2D eigenvalue weighted by Gasteiger charge is 2.21. The fraction of sp³-hybridized carbons (Fsp3) is 0.133. The number of amides is 1. The number of aliphatic imine (C=N–C) groups is 1. The summed E-state index contributed by atoms with van der Waals surface area (Å²) in [5.74, 6) is 0.0907. The van der Waals surface area contributed by atoms with Crippen molar-refractivity contribution in [3.05, 3.63) is 113 Å². The number of fused-ring (bicyclic) bond motifs is 1. The minimum Gasteiger partial charge on any atom is -0.494 e. The number of aromatic hydroxyl groups is 1. The summed E-state index contributed by atoms with van der Waals surface area (Å²) in [6, 6.07) is 25.9. The van der Waals surface area contributed by atoms with Crippen LogP contribution in [0.15, 0.2) is 101 Å². The third-order valence-electron chi connectivity index (χ3n) is 6.18. The molecule has 2 aromatic heterocycles. The molecule has 1 amide bonds. The van der Waals surface area contributed by atoms with Crippen LogP contribution in [0.4, 0.5) is 11.4 Å². The lowest BCUT2D eigenvalue weighted by Gasteiger charge is -2.23. The van der Waals surface area contributed by atoms with Gasteiger partial charge in [0, 0.05) is 34.7 Å². The van der Waals surface area contributed by atoms with Crippen LogP contribution in [0.1, 0.15) is 21.7 Å². The summed E-state index contributed by atoms with van der Waals surface area (Å²) in [7, 11) is 3.93. The third kappa shape index (κ3) is 5.34. The van der Waals surface area contributed by atoms with Gasteiger partial charge in [0.2, 0.25) is 0 Å². The zero-order valence-corrected chi connectivity index (χ0v) is 21.8. The number of aromatic amines is 1. The first-order chi connectivity index (χ1) is 18.4. The van der Waals surface area contributed by atoms with Gasteiger partial charge in [-0.15, -0.1) is 0 Å². The Kier molecular flexibility index (Phi) is 7.31. The number of anilines is 1. The van der Waals surface area contributed by atoms with E-state index < -0.39 is 0 Å². The first-order valence-corrected chi connectivity index (χ1v) is 12.5. The number of H-pyrrole nitrogens is 1. The van der Waals surface area contributed by atoms with Gasteiger partial charge in [-0.25, -0.2) is 4.99 Å². The Labute approximate surface area is 225 Å². The number of rotatable bonds is 8. The standard InChI is InChI=1S/C30H27ClN4O3/c1-34(2)16-17-35(30(37)26-9-6-18-38-26)23-13-11-22(12-14-23)32-28(20-7-4-3-5-8-20)27-24-15-10-21(31)19-25(24)33-29(27)36/h3-15,18-19,33,36H,16-17H2,1-2H3. The van der Waals surface area contributed by atoms with Gasteiger partial charge in [-0.2, -0.15) is 0 Å². The molecular formula is C30H27ClN4O3. The lowest BCUT2D eigenvalue weighted by atomic mass is 10.0.